The van der Waals surface area contributed by atoms with Gasteiger partial charge in [-0.3, -0.25) is 15.0 Å². The van der Waals surface area contributed by atoms with Crippen molar-refractivity contribution >= 4 is 17.8 Å². The Morgan fingerprint density at radius 2 is 1.68 bits per heavy atom. The van der Waals surface area contributed by atoms with Crippen LogP contribution in [0.1, 0.15) is 17.3 Å². The number of aliphatic carboxylic acids is 1. The number of carbonyl (C=O) groups is 3. The predicted molar refractivity (Wildman–Crippen MR) is 64.5 cm³/mol. The number of benzene rings is 1. The average molecular weight is 270 g/mol. The van der Waals surface area contributed by atoms with Crippen LogP contribution in [0.5, 0.6) is 5.75 Å². The summed E-state index contributed by atoms with van der Waals surface area (Å²) >= 11 is 0. The fourth-order valence-corrected chi connectivity index (χ4v) is 0.884. The zero-order valence-corrected chi connectivity index (χ0v) is 10.1. The summed E-state index contributed by atoms with van der Waals surface area (Å²) in [6.07, 6.45) is 0. The van der Waals surface area contributed by atoms with Gasteiger partial charge in [0.2, 0.25) is 0 Å². The largest absolute Gasteiger partial charge is 0.484 e. The topological polar surface area (TPSA) is 139 Å². The number of carboxylic acid groups (broad SMARTS) is 2. The van der Waals surface area contributed by atoms with Crippen LogP contribution in [0.2, 0.25) is 0 Å². The van der Waals surface area contributed by atoms with Gasteiger partial charge in [-0.1, -0.05) is 0 Å². The van der Waals surface area contributed by atoms with Crippen molar-refractivity contribution in [1.82, 2.24) is 5.43 Å². The molecule has 104 valence electrons. The van der Waals surface area contributed by atoms with Gasteiger partial charge in [0.15, 0.2) is 6.61 Å². The van der Waals surface area contributed by atoms with Gasteiger partial charge in [0.05, 0.1) is 5.56 Å². The Kier molecular flexibility index (Phi) is 7.31. The minimum Gasteiger partial charge on any atom is -0.484 e. The molecule has 0 bridgehead atoms. The molecule has 1 aromatic rings. The molecule has 0 spiro atoms. The standard InChI is InChI=1S/C9H10N2O4.C2H4O2/c10-11-8(12)5-15-7-3-1-6(2-4-7)9(13)14;1-2(3)4/h1-4H,5,10H2,(H,11,12)(H,13,14);1H3,(H,3,4). The van der Waals surface area contributed by atoms with Crippen LogP contribution in [-0.2, 0) is 9.59 Å². The van der Waals surface area contributed by atoms with Gasteiger partial charge in [-0.05, 0) is 24.3 Å². The Morgan fingerprint density at radius 3 is 2.05 bits per heavy atom. The van der Waals surface area contributed by atoms with E-state index in [1.807, 2.05) is 5.43 Å². The Bertz CT molecular complexity index is 439. The lowest BCUT2D eigenvalue weighted by molar-refractivity contribution is -0.134. The van der Waals surface area contributed by atoms with Crippen LogP contribution in [-0.4, -0.2) is 34.7 Å². The molecule has 5 N–H and O–H groups in total. The smallest absolute Gasteiger partial charge is 0.335 e. The molecule has 0 aliphatic heterocycles. The number of hydrogen-bond donors (Lipinski definition) is 4. The molecule has 0 heterocycles. The maximum absolute atomic E-state index is 10.7. The monoisotopic (exact) mass is 270 g/mol. The Labute approximate surface area is 108 Å². The van der Waals surface area contributed by atoms with Crippen molar-refractivity contribution in [1.29, 1.82) is 0 Å². The second kappa shape index (κ2) is 8.48. The Hall–Kier alpha value is -2.61. The maximum Gasteiger partial charge on any atom is 0.335 e. The fourth-order valence-electron chi connectivity index (χ4n) is 0.884. The van der Waals surface area contributed by atoms with Gasteiger partial charge < -0.3 is 14.9 Å². The van der Waals surface area contributed by atoms with Gasteiger partial charge in [-0.15, -0.1) is 0 Å². The lowest BCUT2D eigenvalue weighted by Crippen LogP contribution is -2.34. The highest BCUT2D eigenvalue weighted by Crippen LogP contribution is 2.11. The van der Waals surface area contributed by atoms with E-state index in [0.717, 1.165) is 6.92 Å². The number of nitrogens with one attached hydrogen (secondary N) is 1. The highest BCUT2D eigenvalue weighted by molar-refractivity contribution is 5.87. The first-order valence-electron chi connectivity index (χ1n) is 5.02. The van der Waals surface area contributed by atoms with Gasteiger partial charge >= 0.3 is 5.97 Å². The summed E-state index contributed by atoms with van der Waals surface area (Å²) in [6.45, 7) is 0.878. The fraction of sp³-hybridized carbons (Fsp3) is 0.182. The number of amides is 1. The third kappa shape index (κ3) is 8.16. The minimum absolute atomic E-state index is 0.158. The lowest BCUT2D eigenvalue weighted by Gasteiger charge is -2.04. The molecule has 0 atom stereocenters. The molecule has 0 aliphatic rings. The van der Waals surface area contributed by atoms with E-state index in [2.05, 4.69) is 0 Å². The highest BCUT2D eigenvalue weighted by Gasteiger charge is 2.03. The lowest BCUT2D eigenvalue weighted by atomic mass is 10.2. The molecule has 0 saturated heterocycles. The van der Waals surface area contributed by atoms with Gasteiger partial charge in [0, 0.05) is 6.92 Å². The van der Waals surface area contributed by atoms with E-state index < -0.39 is 17.8 Å². The van der Waals surface area contributed by atoms with E-state index in [9.17, 15) is 9.59 Å². The molecule has 1 amide bonds. The number of hydrogen-bond acceptors (Lipinski definition) is 5. The molecular formula is C11H14N2O6. The summed E-state index contributed by atoms with van der Waals surface area (Å²) < 4.78 is 5.01. The number of carboxylic acids is 2. The molecule has 8 nitrogen and oxygen atoms in total. The van der Waals surface area contributed by atoms with Crippen LogP contribution >= 0.6 is 0 Å². The van der Waals surface area contributed by atoms with Crippen LogP contribution in [0.4, 0.5) is 0 Å². The van der Waals surface area contributed by atoms with Crippen LogP contribution < -0.4 is 16.0 Å². The zero-order chi connectivity index (χ0) is 14.8. The number of aromatic carboxylic acids is 1. The van der Waals surface area contributed by atoms with E-state index >= 15 is 0 Å². The molecule has 0 saturated carbocycles. The van der Waals surface area contributed by atoms with Crippen molar-refractivity contribution in [2.75, 3.05) is 6.61 Å². The number of ether oxygens (including phenoxy) is 1. The van der Waals surface area contributed by atoms with Crippen molar-refractivity contribution < 1.29 is 29.3 Å². The van der Waals surface area contributed by atoms with E-state index in [0.29, 0.717) is 5.75 Å². The summed E-state index contributed by atoms with van der Waals surface area (Å²) in [5.74, 6) is 2.94. The maximum atomic E-state index is 10.7. The molecule has 1 aromatic carbocycles. The molecule has 8 heteroatoms. The van der Waals surface area contributed by atoms with Gasteiger partial charge in [-0.2, -0.15) is 0 Å². The number of carbonyl (C=O) groups excluding carboxylic acids is 1. The van der Waals surface area contributed by atoms with Crippen LogP contribution in [0.15, 0.2) is 24.3 Å². The molecular weight excluding hydrogens is 256 g/mol. The molecule has 0 aromatic heterocycles. The third-order valence-corrected chi connectivity index (χ3v) is 1.63. The van der Waals surface area contributed by atoms with Crippen LogP contribution in [0, 0.1) is 0 Å². The van der Waals surface area contributed by atoms with E-state index in [1.54, 1.807) is 0 Å². The second-order valence-corrected chi connectivity index (χ2v) is 3.20. The molecule has 0 aliphatic carbocycles. The van der Waals surface area contributed by atoms with Gasteiger partial charge in [0.1, 0.15) is 5.75 Å². The first kappa shape index (κ1) is 16.4. The summed E-state index contributed by atoms with van der Waals surface area (Å²) in [6, 6.07) is 5.70. The summed E-state index contributed by atoms with van der Waals surface area (Å²) in [4.78, 5) is 30.2. The molecule has 19 heavy (non-hydrogen) atoms. The number of nitrogens with two attached hydrogens (primary N) is 1. The third-order valence-electron chi connectivity index (χ3n) is 1.63. The first-order valence-corrected chi connectivity index (χ1v) is 5.02. The normalized spacial score (nSPS) is 8.74. The highest BCUT2D eigenvalue weighted by atomic mass is 16.5. The molecule has 0 radical (unpaired) electrons. The Balaban J connectivity index is 0.000000711. The molecule has 0 fully saturated rings. The van der Waals surface area contributed by atoms with Crippen molar-refractivity contribution in [2.24, 2.45) is 5.84 Å². The molecule has 0 unspecified atom stereocenters. The number of rotatable bonds is 4. The van der Waals surface area contributed by atoms with Crippen molar-refractivity contribution in [3.8, 4) is 5.75 Å². The van der Waals surface area contributed by atoms with Crippen molar-refractivity contribution in [3.63, 3.8) is 0 Å². The summed E-state index contributed by atoms with van der Waals surface area (Å²) in [7, 11) is 0. The zero-order valence-electron chi connectivity index (χ0n) is 10.1. The van der Waals surface area contributed by atoms with Crippen molar-refractivity contribution in [2.45, 2.75) is 6.92 Å². The molecule has 1 rings (SSSR count). The second-order valence-electron chi connectivity index (χ2n) is 3.20. The Morgan fingerprint density at radius 1 is 1.21 bits per heavy atom. The first-order chi connectivity index (χ1) is 8.86. The van der Waals surface area contributed by atoms with Crippen molar-refractivity contribution in [3.05, 3.63) is 29.8 Å². The van der Waals surface area contributed by atoms with E-state index in [-0.39, 0.29) is 12.2 Å². The summed E-state index contributed by atoms with van der Waals surface area (Å²) in [5.41, 5.74) is 2.06. The van der Waals surface area contributed by atoms with E-state index in [1.165, 1.54) is 24.3 Å². The SMILES string of the molecule is CC(=O)O.NNC(=O)COc1ccc(C(=O)O)cc1. The predicted octanol–water partition coefficient (Wildman–Crippen LogP) is -0.156. The number of hydrazine groups is 1. The van der Waals surface area contributed by atoms with Crippen LogP contribution in [0.25, 0.3) is 0 Å². The van der Waals surface area contributed by atoms with Gasteiger partial charge in [-0.25, -0.2) is 10.6 Å². The average Bonchev–Trinajstić information content (AvgIpc) is 2.35. The van der Waals surface area contributed by atoms with Crippen LogP contribution in [0.3, 0.4) is 0 Å². The summed E-state index contributed by atoms with van der Waals surface area (Å²) in [5, 5.41) is 16.0. The quantitative estimate of drug-likeness (QED) is 0.339. The van der Waals surface area contributed by atoms with Gasteiger partial charge in [0.25, 0.3) is 11.9 Å². The minimum atomic E-state index is -1.01. The van der Waals surface area contributed by atoms with E-state index in [4.69, 9.17) is 25.6 Å².